The van der Waals surface area contributed by atoms with Gasteiger partial charge < -0.3 is 4.74 Å². The summed E-state index contributed by atoms with van der Waals surface area (Å²) in [6, 6.07) is 19.6. The Hall–Kier alpha value is -1.87. The molecule has 0 fully saturated rings. The average molecular weight is 286 g/mol. The molecule has 0 bridgehead atoms. The second kappa shape index (κ2) is 7.06. The first-order valence-electron chi connectivity index (χ1n) is 6.38. The molecule has 0 spiro atoms. The zero-order chi connectivity index (χ0) is 14.4. The number of rotatable bonds is 4. The summed E-state index contributed by atoms with van der Waals surface area (Å²) < 4.78 is 5.65. The van der Waals surface area contributed by atoms with E-state index in [2.05, 4.69) is 0 Å². The number of hydrogen-bond acceptors (Lipinski definition) is 2. The molecule has 2 aromatic rings. The van der Waals surface area contributed by atoms with Crippen molar-refractivity contribution >= 4 is 21.8 Å². The van der Waals surface area contributed by atoms with Crippen LogP contribution in [0.15, 0.2) is 60.7 Å². The minimum Gasteiger partial charge on any atom is -0.449 e. The minimum atomic E-state index is -0.357. The van der Waals surface area contributed by atoms with Crippen LogP contribution in [0.3, 0.4) is 0 Å². The predicted molar refractivity (Wildman–Crippen MR) is 86.3 cm³/mol. The number of carbonyl (C=O) groups is 1. The number of ether oxygens (including phenoxy) is 1. The van der Waals surface area contributed by atoms with E-state index < -0.39 is 0 Å². The Kier molecular flexibility index (Phi) is 5.13. The van der Waals surface area contributed by atoms with Gasteiger partial charge in [-0.15, -0.1) is 0 Å². The van der Waals surface area contributed by atoms with Crippen LogP contribution in [-0.2, 0) is 9.53 Å². The molecule has 0 unspecified atom stereocenters. The van der Waals surface area contributed by atoms with Crippen molar-refractivity contribution in [1.29, 1.82) is 0 Å². The lowest BCUT2D eigenvalue weighted by atomic mass is 10.0. The molecule has 104 valence electrons. The van der Waals surface area contributed by atoms with Crippen LogP contribution >= 0.6 is 10.5 Å². The van der Waals surface area contributed by atoms with E-state index in [1.54, 1.807) is 5.37 Å². The summed E-state index contributed by atoms with van der Waals surface area (Å²) in [5.41, 5.74) is 1.96. The second-order valence-electron chi connectivity index (χ2n) is 4.64. The Labute approximate surface area is 122 Å². The van der Waals surface area contributed by atoms with Gasteiger partial charge in [-0.05, 0) is 23.6 Å². The number of benzene rings is 2. The van der Waals surface area contributed by atoms with Crippen molar-refractivity contribution < 1.29 is 9.53 Å². The fourth-order valence-electron chi connectivity index (χ4n) is 1.92. The lowest BCUT2D eigenvalue weighted by Gasteiger charge is -2.18. The quantitative estimate of drug-likeness (QED) is 0.633. The van der Waals surface area contributed by atoms with Gasteiger partial charge in [0.2, 0.25) is 0 Å². The van der Waals surface area contributed by atoms with Crippen molar-refractivity contribution in [2.45, 2.75) is 6.10 Å². The van der Waals surface area contributed by atoms with Gasteiger partial charge in [0.15, 0.2) is 6.10 Å². The zero-order valence-electron chi connectivity index (χ0n) is 11.7. The van der Waals surface area contributed by atoms with E-state index in [1.165, 1.54) is 0 Å². The summed E-state index contributed by atoms with van der Waals surface area (Å²) in [6.45, 7) is 0. The van der Waals surface area contributed by atoms with E-state index in [4.69, 9.17) is 4.74 Å². The molecule has 0 atom stereocenters. The highest BCUT2D eigenvalue weighted by Crippen LogP contribution is 2.25. The van der Waals surface area contributed by atoms with E-state index in [0.717, 1.165) is 11.1 Å². The normalized spacial score (nSPS) is 10.6. The molecule has 2 aromatic carbocycles. The van der Waals surface area contributed by atoms with Gasteiger partial charge in [0.1, 0.15) is 0 Å². The van der Waals surface area contributed by atoms with Crippen LogP contribution in [0.25, 0.3) is 0 Å². The van der Waals surface area contributed by atoms with E-state index in [-0.39, 0.29) is 22.6 Å². The molecule has 0 saturated heterocycles. The van der Waals surface area contributed by atoms with Crippen LogP contribution in [0.5, 0.6) is 0 Å². The highest BCUT2D eigenvalue weighted by molar-refractivity contribution is 8.14. The zero-order valence-corrected chi connectivity index (χ0v) is 12.5. The maximum absolute atomic E-state index is 11.9. The lowest BCUT2D eigenvalue weighted by molar-refractivity contribution is -0.138. The summed E-state index contributed by atoms with van der Waals surface area (Å²) >= 11 is 0. The maximum Gasteiger partial charge on any atom is 0.337 e. The van der Waals surface area contributed by atoms with Crippen molar-refractivity contribution in [2.24, 2.45) is 0 Å². The van der Waals surface area contributed by atoms with Gasteiger partial charge in [0.25, 0.3) is 0 Å². The third-order valence-electron chi connectivity index (χ3n) is 2.77. The molecular weight excluding hydrogens is 268 g/mol. The largest absolute Gasteiger partial charge is 0.449 e. The standard InChI is InChI=1S/C17H18O2S/c1-20(2)13-16(18)19-17(14-9-5-3-6-10-14)15-11-7-4-8-12-15/h3-13,17H,1-2H3. The Morgan fingerprint density at radius 2 is 1.40 bits per heavy atom. The van der Waals surface area contributed by atoms with Gasteiger partial charge in [0.05, 0.1) is 0 Å². The summed E-state index contributed by atoms with van der Waals surface area (Å²) in [4.78, 5) is 11.9. The topological polar surface area (TPSA) is 26.3 Å². The molecule has 2 nitrogen and oxygen atoms in total. The maximum atomic E-state index is 11.9. The smallest absolute Gasteiger partial charge is 0.337 e. The van der Waals surface area contributed by atoms with Crippen LogP contribution in [-0.4, -0.2) is 23.8 Å². The van der Waals surface area contributed by atoms with E-state index in [0.29, 0.717) is 0 Å². The lowest BCUT2D eigenvalue weighted by Crippen LogP contribution is -2.13. The summed E-state index contributed by atoms with van der Waals surface area (Å²) in [5, 5.41) is 1.62. The fourth-order valence-corrected chi connectivity index (χ4v) is 2.36. The molecule has 0 radical (unpaired) electrons. The van der Waals surface area contributed by atoms with Gasteiger partial charge in [-0.1, -0.05) is 60.7 Å². The van der Waals surface area contributed by atoms with Crippen LogP contribution in [0.2, 0.25) is 0 Å². The molecule has 0 aliphatic carbocycles. The third-order valence-corrected chi connectivity index (χ3v) is 3.43. The molecule has 0 aliphatic rings. The molecule has 0 heterocycles. The summed E-state index contributed by atoms with van der Waals surface area (Å²) in [6.07, 6.45) is 3.62. The third kappa shape index (κ3) is 4.07. The van der Waals surface area contributed by atoms with Gasteiger partial charge in [-0.2, -0.15) is 10.5 Å². The van der Waals surface area contributed by atoms with Crippen molar-refractivity contribution in [1.82, 2.24) is 0 Å². The summed E-state index contributed by atoms with van der Waals surface area (Å²) in [7, 11) is -0.0744. The SMILES string of the molecule is CS(C)=CC(=O)OC(c1ccccc1)c1ccccc1. The predicted octanol–water partition coefficient (Wildman–Crippen LogP) is 3.65. The Balaban J connectivity index is 2.31. The molecule has 3 heteroatoms. The Morgan fingerprint density at radius 3 is 1.80 bits per heavy atom. The fraction of sp³-hybridized carbons (Fsp3) is 0.176. The van der Waals surface area contributed by atoms with Crippen LogP contribution < -0.4 is 0 Å². The molecule has 0 aliphatic heterocycles. The van der Waals surface area contributed by atoms with Crippen LogP contribution in [0, 0.1) is 0 Å². The van der Waals surface area contributed by atoms with Crippen LogP contribution in [0.4, 0.5) is 0 Å². The average Bonchev–Trinajstić information content (AvgIpc) is 2.46. The van der Waals surface area contributed by atoms with Gasteiger partial charge in [0, 0.05) is 5.37 Å². The highest BCUT2D eigenvalue weighted by atomic mass is 32.2. The van der Waals surface area contributed by atoms with E-state index >= 15 is 0 Å². The summed E-state index contributed by atoms with van der Waals surface area (Å²) in [5.74, 6) is -0.268. The van der Waals surface area contributed by atoms with E-state index in [1.807, 2.05) is 73.2 Å². The first-order chi connectivity index (χ1) is 9.66. The highest BCUT2D eigenvalue weighted by Gasteiger charge is 2.17. The van der Waals surface area contributed by atoms with Crippen molar-refractivity contribution in [3.05, 3.63) is 71.8 Å². The number of esters is 1. The number of hydrogen-bond donors (Lipinski definition) is 0. The first-order valence-corrected chi connectivity index (χ1v) is 8.49. The van der Waals surface area contributed by atoms with Crippen LogP contribution in [0.1, 0.15) is 17.2 Å². The number of carbonyl (C=O) groups excluding carboxylic acids is 1. The van der Waals surface area contributed by atoms with Crippen molar-refractivity contribution in [3.63, 3.8) is 0 Å². The molecule has 20 heavy (non-hydrogen) atoms. The van der Waals surface area contributed by atoms with E-state index in [9.17, 15) is 4.79 Å². The van der Waals surface area contributed by atoms with Crippen molar-refractivity contribution in [3.8, 4) is 0 Å². The molecule has 0 amide bonds. The van der Waals surface area contributed by atoms with Gasteiger partial charge >= 0.3 is 5.97 Å². The van der Waals surface area contributed by atoms with Gasteiger partial charge in [-0.3, -0.25) is 0 Å². The van der Waals surface area contributed by atoms with Gasteiger partial charge in [-0.25, -0.2) is 4.79 Å². The second-order valence-corrected chi connectivity index (χ2v) is 6.63. The minimum absolute atomic E-state index is 0.0744. The molecule has 0 N–H and O–H groups in total. The van der Waals surface area contributed by atoms with Crippen molar-refractivity contribution in [2.75, 3.05) is 12.5 Å². The molecule has 0 saturated carbocycles. The Bertz CT molecular complexity index is 547. The molecule has 2 rings (SSSR count). The first kappa shape index (κ1) is 14.5. The Morgan fingerprint density at radius 1 is 0.950 bits per heavy atom. The monoisotopic (exact) mass is 286 g/mol. The molecule has 0 aromatic heterocycles. The molecular formula is C17H18O2S.